The maximum Gasteiger partial charge on any atom is 0.330 e. The second-order valence-electron chi connectivity index (χ2n) is 3.37. The molecule has 4 nitrogen and oxygen atoms in total. The number of aromatic hydroxyl groups is 1. The molecular formula is C11H11ClN2O2S. The lowest BCUT2D eigenvalue weighted by atomic mass is 10.2. The number of hydrogen-bond acceptors (Lipinski definition) is 5. The summed E-state index contributed by atoms with van der Waals surface area (Å²) in [5.41, 5.74) is 0.390. The van der Waals surface area contributed by atoms with Crippen LogP contribution in [0, 0.1) is 0 Å². The third-order valence-corrected chi connectivity index (χ3v) is 3.20. The highest BCUT2D eigenvalue weighted by molar-refractivity contribution is 7.09. The van der Waals surface area contributed by atoms with Gasteiger partial charge in [-0.25, -0.2) is 0 Å². The van der Waals surface area contributed by atoms with E-state index in [0.717, 1.165) is 5.56 Å². The van der Waals surface area contributed by atoms with E-state index < -0.39 is 5.56 Å². The minimum atomic E-state index is -0.415. The second-order valence-corrected chi connectivity index (χ2v) is 4.61. The van der Waals surface area contributed by atoms with Gasteiger partial charge in [0.25, 0.3) is 0 Å². The van der Waals surface area contributed by atoms with Gasteiger partial charge in [-0.3, -0.25) is 0 Å². The first kappa shape index (κ1) is 12.1. The van der Waals surface area contributed by atoms with Crippen LogP contribution in [0.1, 0.15) is 13.3 Å². The van der Waals surface area contributed by atoms with Crippen molar-refractivity contribution in [2.75, 3.05) is 0 Å². The van der Waals surface area contributed by atoms with Crippen LogP contribution in [-0.4, -0.2) is 20.0 Å². The SMILES string of the molecule is CCC(Cl)Oc1nsc(-c2cccc(O)c2)n1. The fourth-order valence-electron chi connectivity index (χ4n) is 1.21. The van der Waals surface area contributed by atoms with Crippen LogP contribution in [0.25, 0.3) is 10.6 Å². The van der Waals surface area contributed by atoms with Crippen molar-refractivity contribution < 1.29 is 9.84 Å². The molecule has 0 fully saturated rings. The van der Waals surface area contributed by atoms with Crippen LogP contribution >= 0.6 is 23.1 Å². The summed E-state index contributed by atoms with van der Waals surface area (Å²) in [5, 5.41) is 10.1. The van der Waals surface area contributed by atoms with Gasteiger partial charge in [0.05, 0.1) is 0 Å². The van der Waals surface area contributed by atoms with Gasteiger partial charge in [0, 0.05) is 5.56 Å². The van der Waals surface area contributed by atoms with E-state index in [4.69, 9.17) is 16.3 Å². The molecule has 1 atom stereocenters. The molecule has 0 aliphatic heterocycles. The third kappa shape index (κ3) is 3.08. The van der Waals surface area contributed by atoms with E-state index in [1.54, 1.807) is 18.2 Å². The highest BCUT2D eigenvalue weighted by Gasteiger charge is 2.11. The van der Waals surface area contributed by atoms with E-state index in [1.807, 2.05) is 13.0 Å². The lowest BCUT2D eigenvalue weighted by molar-refractivity contribution is 0.258. The first-order chi connectivity index (χ1) is 8.19. The standard InChI is InChI=1S/C11H11ClN2O2S/c1-2-9(12)16-11-13-10(17-14-11)7-4-3-5-8(15)6-7/h3-6,9,15H,2H2,1H3. The molecule has 1 aromatic carbocycles. The number of phenols is 1. The van der Waals surface area contributed by atoms with Gasteiger partial charge in [-0.1, -0.05) is 30.7 Å². The number of alkyl halides is 1. The largest absolute Gasteiger partial charge is 0.508 e. The first-order valence-corrected chi connectivity index (χ1v) is 6.34. The van der Waals surface area contributed by atoms with Crippen molar-refractivity contribution in [2.24, 2.45) is 0 Å². The van der Waals surface area contributed by atoms with Crippen molar-refractivity contribution in [2.45, 2.75) is 18.9 Å². The Hall–Kier alpha value is -1.33. The summed E-state index contributed by atoms with van der Waals surface area (Å²) in [4.78, 5) is 4.20. The van der Waals surface area contributed by atoms with Crippen molar-refractivity contribution >= 4 is 23.1 Å². The first-order valence-electron chi connectivity index (χ1n) is 5.13. The fourth-order valence-corrected chi connectivity index (χ4v) is 1.89. The second kappa shape index (κ2) is 5.33. The van der Waals surface area contributed by atoms with Gasteiger partial charge < -0.3 is 9.84 Å². The lowest BCUT2D eigenvalue weighted by Gasteiger charge is -2.04. The van der Waals surface area contributed by atoms with E-state index in [-0.39, 0.29) is 11.8 Å². The topological polar surface area (TPSA) is 55.2 Å². The number of benzene rings is 1. The van der Waals surface area contributed by atoms with Crippen molar-refractivity contribution in [1.29, 1.82) is 0 Å². The number of nitrogens with zero attached hydrogens (tertiary/aromatic N) is 2. The molecule has 90 valence electrons. The van der Waals surface area contributed by atoms with Gasteiger partial charge in [-0.15, -0.1) is 4.37 Å². The predicted octanol–water partition coefficient (Wildman–Crippen LogP) is 3.26. The van der Waals surface area contributed by atoms with Crippen LogP contribution < -0.4 is 4.74 Å². The molecule has 0 bridgehead atoms. The minimum absolute atomic E-state index is 0.198. The summed E-state index contributed by atoms with van der Waals surface area (Å²) in [6.07, 6.45) is 0.683. The molecule has 0 amide bonds. The third-order valence-electron chi connectivity index (χ3n) is 2.05. The molecule has 17 heavy (non-hydrogen) atoms. The van der Waals surface area contributed by atoms with Crippen LogP contribution in [-0.2, 0) is 0 Å². The molecule has 0 aliphatic rings. The van der Waals surface area contributed by atoms with Gasteiger partial charge in [-0.2, -0.15) is 4.98 Å². The number of aromatic nitrogens is 2. The highest BCUT2D eigenvalue weighted by atomic mass is 35.5. The number of halogens is 1. The van der Waals surface area contributed by atoms with Gasteiger partial charge in [-0.05, 0) is 30.1 Å². The summed E-state index contributed by atoms with van der Waals surface area (Å²) < 4.78 is 9.34. The minimum Gasteiger partial charge on any atom is -0.508 e. The molecule has 6 heteroatoms. The van der Waals surface area contributed by atoms with Gasteiger partial charge >= 0.3 is 6.01 Å². The Morgan fingerprint density at radius 3 is 3.06 bits per heavy atom. The Kier molecular flexibility index (Phi) is 3.81. The molecule has 1 unspecified atom stereocenters. The molecule has 0 radical (unpaired) electrons. The lowest BCUT2D eigenvalue weighted by Crippen LogP contribution is -2.07. The Balaban J connectivity index is 2.18. The highest BCUT2D eigenvalue weighted by Crippen LogP contribution is 2.27. The Morgan fingerprint density at radius 2 is 2.35 bits per heavy atom. The Bertz CT molecular complexity index is 504. The zero-order valence-electron chi connectivity index (χ0n) is 9.13. The van der Waals surface area contributed by atoms with Crippen molar-refractivity contribution in [3.63, 3.8) is 0 Å². The maximum absolute atomic E-state index is 9.37. The van der Waals surface area contributed by atoms with Crippen molar-refractivity contribution in [3.05, 3.63) is 24.3 Å². The van der Waals surface area contributed by atoms with Crippen LogP contribution in [0.2, 0.25) is 0 Å². The molecule has 1 aromatic heterocycles. The van der Waals surface area contributed by atoms with E-state index in [2.05, 4.69) is 9.36 Å². The maximum atomic E-state index is 9.37. The predicted molar refractivity (Wildman–Crippen MR) is 67.6 cm³/mol. The van der Waals surface area contributed by atoms with Crippen molar-refractivity contribution in [1.82, 2.24) is 9.36 Å². The van der Waals surface area contributed by atoms with Gasteiger partial charge in [0.2, 0.25) is 0 Å². The molecule has 0 saturated heterocycles. The summed E-state index contributed by atoms with van der Waals surface area (Å²) in [7, 11) is 0. The fraction of sp³-hybridized carbons (Fsp3) is 0.273. The van der Waals surface area contributed by atoms with Crippen LogP contribution in [0.3, 0.4) is 0 Å². The monoisotopic (exact) mass is 270 g/mol. The average Bonchev–Trinajstić information content (AvgIpc) is 2.77. The molecule has 0 aliphatic carbocycles. The van der Waals surface area contributed by atoms with E-state index in [0.29, 0.717) is 11.4 Å². The van der Waals surface area contributed by atoms with E-state index >= 15 is 0 Å². The Labute approximate surface area is 108 Å². The van der Waals surface area contributed by atoms with Crippen LogP contribution in [0.4, 0.5) is 0 Å². The summed E-state index contributed by atoms with van der Waals surface area (Å²) in [6.45, 7) is 1.92. The molecule has 1 N–H and O–H groups in total. The van der Waals surface area contributed by atoms with E-state index in [1.165, 1.54) is 11.5 Å². The van der Waals surface area contributed by atoms with Gasteiger partial charge in [0.1, 0.15) is 10.8 Å². The number of rotatable bonds is 4. The summed E-state index contributed by atoms with van der Waals surface area (Å²) in [6, 6.07) is 7.11. The van der Waals surface area contributed by atoms with Gasteiger partial charge in [0.15, 0.2) is 5.56 Å². The van der Waals surface area contributed by atoms with Crippen LogP contribution in [0.15, 0.2) is 24.3 Å². The molecule has 1 heterocycles. The zero-order chi connectivity index (χ0) is 12.3. The zero-order valence-corrected chi connectivity index (χ0v) is 10.7. The molecule has 0 saturated carbocycles. The summed E-state index contributed by atoms with van der Waals surface area (Å²) in [5.74, 6) is 0.198. The molecule has 2 rings (SSSR count). The quantitative estimate of drug-likeness (QED) is 0.867. The normalized spacial score (nSPS) is 12.4. The number of phenolic OH excluding ortho intramolecular Hbond substituents is 1. The van der Waals surface area contributed by atoms with E-state index in [9.17, 15) is 5.11 Å². The number of hydrogen-bond donors (Lipinski definition) is 1. The van der Waals surface area contributed by atoms with Crippen molar-refractivity contribution in [3.8, 4) is 22.3 Å². The summed E-state index contributed by atoms with van der Waals surface area (Å²) >= 11 is 7.05. The smallest absolute Gasteiger partial charge is 0.330 e. The molecular weight excluding hydrogens is 260 g/mol. The average molecular weight is 271 g/mol. The van der Waals surface area contributed by atoms with Crippen LogP contribution in [0.5, 0.6) is 11.8 Å². The Morgan fingerprint density at radius 1 is 1.53 bits per heavy atom. The number of ether oxygens (including phenoxy) is 1. The molecule has 2 aromatic rings. The molecule has 0 spiro atoms.